The minimum atomic E-state index is -0.461. The normalized spacial score (nSPS) is 10.9. The van der Waals surface area contributed by atoms with Crippen LogP contribution in [0.4, 0.5) is 5.69 Å². The summed E-state index contributed by atoms with van der Waals surface area (Å²) in [5, 5.41) is 13.6. The summed E-state index contributed by atoms with van der Waals surface area (Å²) in [4.78, 5) is 22.8. The molecule has 5 nitrogen and oxygen atoms in total. The lowest BCUT2D eigenvalue weighted by Gasteiger charge is -2.08. The summed E-state index contributed by atoms with van der Waals surface area (Å²) in [6, 6.07) is 15.3. The molecule has 2 rings (SSSR count). The Morgan fingerprint density at radius 2 is 1.91 bits per heavy atom. The molecule has 0 aliphatic rings. The van der Waals surface area contributed by atoms with Crippen LogP contribution in [0.1, 0.15) is 11.1 Å². The highest BCUT2D eigenvalue weighted by molar-refractivity contribution is 6.24. The number of nitro groups is 1. The fraction of sp³-hybridized carbons (Fsp3) is 0.0556. The number of carbonyl (C=O) groups is 1. The van der Waals surface area contributed by atoms with E-state index in [1.54, 1.807) is 24.3 Å². The number of hydrogen-bond donors (Lipinski definition) is 1. The molecule has 0 aliphatic heterocycles. The molecule has 0 saturated heterocycles. The number of hydrogen-bond acceptors (Lipinski definition) is 3. The maximum atomic E-state index is 12.4. The Morgan fingerprint density at radius 1 is 1.17 bits per heavy atom. The second kappa shape index (κ2) is 7.70. The molecular formula is C18H16N2O3. The molecule has 0 aromatic heterocycles. The van der Waals surface area contributed by atoms with Crippen molar-refractivity contribution in [3.63, 3.8) is 0 Å². The molecule has 0 saturated carbocycles. The number of nitrogens with zero attached hydrogens (tertiary/aromatic N) is 1. The van der Waals surface area contributed by atoms with E-state index in [2.05, 4.69) is 11.9 Å². The van der Waals surface area contributed by atoms with Crippen LogP contribution in [-0.2, 0) is 4.79 Å². The molecule has 23 heavy (non-hydrogen) atoms. The predicted octanol–water partition coefficient (Wildman–Crippen LogP) is 3.44. The summed E-state index contributed by atoms with van der Waals surface area (Å²) < 4.78 is 0. The predicted molar refractivity (Wildman–Crippen MR) is 90.6 cm³/mol. The van der Waals surface area contributed by atoms with Gasteiger partial charge < -0.3 is 5.32 Å². The van der Waals surface area contributed by atoms with Crippen LogP contribution < -0.4 is 5.32 Å². The van der Waals surface area contributed by atoms with E-state index in [4.69, 9.17) is 0 Å². The molecule has 5 heteroatoms. The lowest BCUT2D eigenvalue weighted by atomic mass is 10.0. The fourth-order valence-electron chi connectivity index (χ4n) is 2.05. The van der Waals surface area contributed by atoms with Gasteiger partial charge in [0.05, 0.1) is 4.92 Å². The van der Waals surface area contributed by atoms with E-state index in [-0.39, 0.29) is 11.6 Å². The SMILES string of the molecule is C=CCNC(=O)/C(=C/c1cccc([N+](=O)[O-])c1)c1ccccc1. The van der Waals surface area contributed by atoms with Crippen LogP contribution in [0.5, 0.6) is 0 Å². The molecule has 116 valence electrons. The number of carbonyl (C=O) groups excluding carboxylic acids is 1. The van der Waals surface area contributed by atoms with E-state index >= 15 is 0 Å². The van der Waals surface area contributed by atoms with Crippen LogP contribution in [0.2, 0.25) is 0 Å². The van der Waals surface area contributed by atoms with Gasteiger partial charge in [-0.3, -0.25) is 14.9 Å². The van der Waals surface area contributed by atoms with E-state index in [9.17, 15) is 14.9 Å². The van der Waals surface area contributed by atoms with Gasteiger partial charge in [0.15, 0.2) is 0 Å². The monoisotopic (exact) mass is 308 g/mol. The van der Waals surface area contributed by atoms with Crippen molar-refractivity contribution in [2.24, 2.45) is 0 Å². The topological polar surface area (TPSA) is 72.2 Å². The highest BCUT2D eigenvalue weighted by Gasteiger charge is 2.12. The van der Waals surface area contributed by atoms with Crippen LogP contribution in [0.25, 0.3) is 11.6 Å². The molecule has 0 fully saturated rings. The van der Waals surface area contributed by atoms with Gasteiger partial charge >= 0.3 is 0 Å². The largest absolute Gasteiger partial charge is 0.349 e. The third kappa shape index (κ3) is 4.38. The van der Waals surface area contributed by atoms with Crippen LogP contribution >= 0.6 is 0 Å². The first kappa shape index (κ1) is 16.2. The minimum absolute atomic E-state index is 0.0161. The summed E-state index contributed by atoms with van der Waals surface area (Å²) in [6.07, 6.45) is 3.23. The third-order valence-electron chi connectivity index (χ3n) is 3.13. The molecule has 0 heterocycles. The summed E-state index contributed by atoms with van der Waals surface area (Å²) in [5.74, 6) is -0.261. The van der Waals surface area contributed by atoms with Crippen molar-refractivity contribution in [2.75, 3.05) is 6.54 Å². The van der Waals surface area contributed by atoms with Gasteiger partial charge in [0.25, 0.3) is 11.6 Å². The summed E-state index contributed by atoms with van der Waals surface area (Å²) >= 11 is 0. The van der Waals surface area contributed by atoms with Gasteiger partial charge in [-0.05, 0) is 17.2 Å². The molecule has 0 unspecified atom stereocenters. The Labute approximate surface area is 134 Å². The molecule has 1 amide bonds. The average Bonchev–Trinajstić information content (AvgIpc) is 2.58. The van der Waals surface area contributed by atoms with Crippen LogP contribution in [0.15, 0.2) is 67.3 Å². The molecule has 0 atom stereocenters. The van der Waals surface area contributed by atoms with E-state index in [1.165, 1.54) is 12.1 Å². The zero-order chi connectivity index (χ0) is 16.7. The number of nitro benzene ring substituents is 1. The number of benzene rings is 2. The molecule has 0 spiro atoms. The highest BCUT2D eigenvalue weighted by Crippen LogP contribution is 2.21. The van der Waals surface area contributed by atoms with Crippen molar-refractivity contribution in [1.29, 1.82) is 0 Å². The van der Waals surface area contributed by atoms with Crippen molar-refractivity contribution in [3.8, 4) is 0 Å². The van der Waals surface area contributed by atoms with E-state index in [0.29, 0.717) is 17.7 Å². The summed E-state index contributed by atoms with van der Waals surface area (Å²) in [6.45, 7) is 3.92. The summed E-state index contributed by atoms with van der Waals surface area (Å²) in [7, 11) is 0. The number of amides is 1. The second-order valence-electron chi connectivity index (χ2n) is 4.77. The van der Waals surface area contributed by atoms with Crippen molar-refractivity contribution in [2.45, 2.75) is 0 Å². The molecule has 2 aromatic rings. The van der Waals surface area contributed by atoms with Gasteiger partial charge in [0.2, 0.25) is 0 Å². The van der Waals surface area contributed by atoms with Crippen LogP contribution in [0.3, 0.4) is 0 Å². The zero-order valence-corrected chi connectivity index (χ0v) is 12.4. The Bertz CT molecular complexity index is 752. The molecular weight excluding hydrogens is 292 g/mol. The van der Waals surface area contributed by atoms with Crippen LogP contribution in [0, 0.1) is 10.1 Å². The van der Waals surface area contributed by atoms with Gasteiger partial charge in [0.1, 0.15) is 0 Å². The lowest BCUT2D eigenvalue weighted by molar-refractivity contribution is -0.384. The first-order valence-electron chi connectivity index (χ1n) is 7.02. The maximum Gasteiger partial charge on any atom is 0.270 e. The van der Waals surface area contributed by atoms with Crippen molar-refractivity contribution >= 4 is 23.2 Å². The van der Waals surface area contributed by atoms with E-state index in [1.807, 2.05) is 30.3 Å². The van der Waals surface area contributed by atoms with Gasteiger partial charge in [-0.1, -0.05) is 48.5 Å². The van der Waals surface area contributed by atoms with E-state index < -0.39 is 4.92 Å². The Kier molecular flexibility index (Phi) is 5.41. The second-order valence-corrected chi connectivity index (χ2v) is 4.77. The first-order valence-corrected chi connectivity index (χ1v) is 7.02. The Balaban J connectivity index is 2.44. The zero-order valence-electron chi connectivity index (χ0n) is 12.4. The average molecular weight is 308 g/mol. The van der Waals surface area contributed by atoms with Gasteiger partial charge in [-0.2, -0.15) is 0 Å². The molecule has 0 radical (unpaired) electrons. The maximum absolute atomic E-state index is 12.4. The number of rotatable bonds is 6. The van der Waals surface area contributed by atoms with Crippen LogP contribution in [-0.4, -0.2) is 17.4 Å². The number of non-ortho nitro benzene ring substituents is 1. The highest BCUT2D eigenvalue weighted by atomic mass is 16.6. The van der Waals surface area contributed by atoms with Crippen molar-refractivity contribution in [1.82, 2.24) is 5.32 Å². The Hall–Kier alpha value is -3.21. The van der Waals surface area contributed by atoms with Crippen molar-refractivity contribution in [3.05, 3.63) is 88.5 Å². The number of nitrogens with one attached hydrogen (secondary N) is 1. The fourth-order valence-corrected chi connectivity index (χ4v) is 2.05. The standard InChI is InChI=1S/C18H16N2O3/c1-2-11-19-18(21)17(15-8-4-3-5-9-15)13-14-7-6-10-16(12-14)20(22)23/h2-10,12-13H,1,11H2,(H,19,21)/b17-13+. The van der Waals surface area contributed by atoms with Gasteiger partial charge in [-0.25, -0.2) is 0 Å². The first-order chi connectivity index (χ1) is 11.1. The Morgan fingerprint density at radius 3 is 2.57 bits per heavy atom. The molecule has 0 aliphatic carbocycles. The van der Waals surface area contributed by atoms with Gasteiger partial charge in [-0.15, -0.1) is 6.58 Å². The van der Waals surface area contributed by atoms with Gasteiger partial charge in [0, 0.05) is 24.3 Å². The molecule has 0 bridgehead atoms. The smallest absolute Gasteiger partial charge is 0.270 e. The molecule has 1 N–H and O–H groups in total. The third-order valence-corrected chi connectivity index (χ3v) is 3.13. The molecule has 2 aromatic carbocycles. The quantitative estimate of drug-likeness (QED) is 0.292. The summed E-state index contributed by atoms with van der Waals surface area (Å²) in [5.41, 5.74) is 1.75. The van der Waals surface area contributed by atoms with Crippen molar-refractivity contribution < 1.29 is 9.72 Å². The lowest BCUT2D eigenvalue weighted by Crippen LogP contribution is -2.24. The van der Waals surface area contributed by atoms with E-state index in [0.717, 1.165) is 5.56 Å². The minimum Gasteiger partial charge on any atom is -0.349 e.